The highest BCUT2D eigenvalue weighted by atomic mass is 31.2. The molecule has 11 nitrogen and oxygen atoms in total. The minimum atomic E-state index is -4.40. The number of quaternary nitrogens is 1. The highest BCUT2D eigenvalue weighted by Gasteiger charge is 2.27. The van der Waals surface area contributed by atoms with Gasteiger partial charge in [-0.3, -0.25) is 18.6 Å². The number of likely N-dealkylation sites (N-methyl/N-ethyl adjacent to an activating group) is 1. The topological polar surface area (TPSA) is 138 Å². The molecule has 12 heteroatoms. The van der Waals surface area contributed by atoms with Gasteiger partial charge in [-0.2, -0.15) is 0 Å². The third kappa shape index (κ3) is 40.5. The van der Waals surface area contributed by atoms with E-state index in [-0.39, 0.29) is 26.1 Å². The number of hydrogen-bond donors (Lipinski definition) is 2. The zero-order valence-electron chi connectivity index (χ0n) is 37.4. The first-order chi connectivity index (χ1) is 27.9. The molecule has 0 amide bonds. The van der Waals surface area contributed by atoms with Crippen LogP contribution in [0.5, 0.6) is 0 Å². The average molecular weight is 843 g/mol. The summed E-state index contributed by atoms with van der Waals surface area (Å²) in [5.74, 6) is -0.277. The highest BCUT2D eigenvalue weighted by Crippen LogP contribution is 2.43. The van der Waals surface area contributed by atoms with Crippen molar-refractivity contribution in [2.24, 2.45) is 0 Å². The van der Waals surface area contributed by atoms with E-state index in [0.29, 0.717) is 36.0 Å². The number of allylic oxidation sites excluding steroid dienone is 8. The minimum Gasteiger partial charge on any atom is -0.462 e. The number of phosphoric ester groups is 1. The van der Waals surface area contributed by atoms with Gasteiger partial charge in [0, 0.05) is 19.3 Å². The second kappa shape index (κ2) is 38.9. The maximum absolute atomic E-state index is 12.7. The summed E-state index contributed by atoms with van der Waals surface area (Å²) in [5.41, 5.74) is 0. The predicted octanol–water partition coefficient (Wildman–Crippen LogP) is 12.5. The van der Waals surface area contributed by atoms with Crippen LogP contribution in [-0.4, -0.2) is 80.2 Å². The van der Waals surface area contributed by atoms with Crippen LogP contribution in [0.15, 0.2) is 48.3 Å². The molecule has 338 valence electrons. The molecule has 0 aliphatic rings. The number of carbonyl (C=O) groups is 2. The van der Waals surface area contributed by atoms with Crippen LogP contribution >= 0.6 is 7.82 Å². The van der Waals surface area contributed by atoms with Gasteiger partial charge in [0.1, 0.15) is 25.5 Å². The van der Waals surface area contributed by atoms with Gasteiger partial charge in [-0.15, -0.1) is 0 Å². The van der Waals surface area contributed by atoms with Crippen molar-refractivity contribution in [1.82, 2.24) is 0 Å². The van der Waals surface area contributed by atoms with Crippen molar-refractivity contribution in [1.29, 1.82) is 0 Å². The maximum atomic E-state index is 12.7. The molecule has 0 spiro atoms. The van der Waals surface area contributed by atoms with Gasteiger partial charge in [0.15, 0.2) is 6.10 Å². The summed E-state index contributed by atoms with van der Waals surface area (Å²) in [6, 6.07) is 0. The smallest absolute Gasteiger partial charge is 0.462 e. The number of hydrogen-bond acceptors (Lipinski definition) is 9. The van der Waals surface area contributed by atoms with Crippen LogP contribution in [0, 0.1) is 0 Å². The first-order valence-corrected chi connectivity index (χ1v) is 24.1. The molecule has 0 aromatic heterocycles. The zero-order chi connectivity index (χ0) is 43.0. The van der Waals surface area contributed by atoms with Crippen molar-refractivity contribution in [3.05, 3.63) is 48.3 Å². The Morgan fingerprint density at radius 1 is 0.603 bits per heavy atom. The minimum absolute atomic E-state index is 0.0104. The lowest BCUT2D eigenvalue weighted by atomic mass is 10.0. The van der Waals surface area contributed by atoms with Crippen LogP contribution in [-0.2, 0) is 37.6 Å². The molecule has 0 bridgehead atoms. The second-order valence-electron chi connectivity index (χ2n) is 16.3. The largest absolute Gasteiger partial charge is 0.472 e. The van der Waals surface area contributed by atoms with Crippen LogP contribution in [0.4, 0.5) is 0 Å². The summed E-state index contributed by atoms with van der Waals surface area (Å²) in [7, 11) is 1.40. The van der Waals surface area contributed by atoms with E-state index >= 15 is 0 Å². The van der Waals surface area contributed by atoms with Crippen molar-refractivity contribution in [3.8, 4) is 0 Å². The lowest BCUT2D eigenvalue weighted by Gasteiger charge is -2.24. The number of nitrogens with zero attached hydrogens (tertiary/aromatic N) is 1. The number of rotatable bonds is 41. The van der Waals surface area contributed by atoms with Gasteiger partial charge in [0.2, 0.25) is 0 Å². The fourth-order valence-electron chi connectivity index (χ4n) is 5.96. The Morgan fingerprint density at radius 3 is 1.64 bits per heavy atom. The van der Waals surface area contributed by atoms with Crippen molar-refractivity contribution < 1.29 is 52.2 Å². The van der Waals surface area contributed by atoms with Gasteiger partial charge in [-0.05, 0) is 51.0 Å². The molecule has 0 rings (SSSR count). The van der Waals surface area contributed by atoms with E-state index in [1.807, 2.05) is 45.4 Å². The third-order valence-corrected chi connectivity index (χ3v) is 10.6. The monoisotopic (exact) mass is 843 g/mol. The molecule has 0 saturated heterocycles. The number of esters is 2. The first-order valence-electron chi connectivity index (χ1n) is 22.6. The van der Waals surface area contributed by atoms with Gasteiger partial charge in [0.25, 0.3) is 0 Å². The van der Waals surface area contributed by atoms with Gasteiger partial charge < -0.3 is 23.7 Å². The van der Waals surface area contributed by atoms with Crippen LogP contribution in [0.2, 0.25) is 0 Å². The lowest BCUT2D eigenvalue weighted by Crippen LogP contribution is -2.37. The molecule has 0 aliphatic carbocycles. The summed E-state index contributed by atoms with van der Waals surface area (Å²) in [6.07, 6.45) is 39.8. The summed E-state index contributed by atoms with van der Waals surface area (Å²) < 4.78 is 34.2. The SMILES string of the molecule is CCCCCCCCCCCCCCCCCC(=O)OC[C@H](COP(=O)(O)OCC[N+](C)(C)C)OC(=O)CCC/C=C\C/C=C\C/C=C\C/C=C(/CCCCC)OO. The standard InChI is InChI=1S/C46H84NO10P/c1-6-8-10-11-12-13-14-15-16-17-20-23-26-29-33-37-45(48)53-41-44(42-55-58(51,52)54-40-39-47(3,4)5)56-46(49)38-34-30-27-24-21-18-19-22-25-28-32-36-43(57-50)35-31-9-7-2/h18-19,24-25,27-28,36,44H,6-17,20-23,26,29-35,37-42H2,1-5H3,(H-,50,51,52)/p+1/b19-18-,27-24-,28-25-,43-36-/t44-/m1/s1. The fraction of sp³-hybridized carbons (Fsp3) is 0.783. The summed E-state index contributed by atoms with van der Waals surface area (Å²) in [5, 5.41) is 8.99. The zero-order valence-corrected chi connectivity index (χ0v) is 38.3. The molecule has 2 N–H and O–H groups in total. The van der Waals surface area contributed by atoms with E-state index in [0.717, 1.165) is 57.8 Å². The molecule has 0 radical (unpaired) electrons. The first kappa shape index (κ1) is 55.7. The van der Waals surface area contributed by atoms with E-state index < -0.39 is 32.5 Å². The van der Waals surface area contributed by atoms with E-state index in [1.54, 1.807) is 0 Å². The highest BCUT2D eigenvalue weighted by molar-refractivity contribution is 7.47. The van der Waals surface area contributed by atoms with Crippen molar-refractivity contribution >= 4 is 19.8 Å². The number of ether oxygens (including phenoxy) is 2. The van der Waals surface area contributed by atoms with Gasteiger partial charge in [-0.25, -0.2) is 9.82 Å². The van der Waals surface area contributed by atoms with Gasteiger partial charge in [0.05, 0.1) is 27.7 Å². The van der Waals surface area contributed by atoms with Crippen LogP contribution in [0.1, 0.15) is 181 Å². The van der Waals surface area contributed by atoms with Crippen molar-refractivity contribution in [2.75, 3.05) is 47.5 Å². The van der Waals surface area contributed by atoms with E-state index in [2.05, 4.69) is 37.0 Å². The average Bonchev–Trinajstić information content (AvgIpc) is 3.17. The molecule has 0 heterocycles. The maximum Gasteiger partial charge on any atom is 0.472 e. The Morgan fingerprint density at radius 2 is 1.09 bits per heavy atom. The molecule has 0 aromatic rings. The Hall–Kier alpha value is -2.27. The molecule has 0 aromatic carbocycles. The Bertz CT molecular complexity index is 1160. The second-order valence-corrected chi connectivity index (χ2v) is 17.8. The van der Waals surface area contributed by atoms with E-state index in [4.69, 9.17) is 23.8 Å². The molecule has 0 aliphatic heterocycles. The summed E-state index contributed by atoms with van der Waals surface area (Å²) in [4.78, 5) is 39.8. The van der Waals surface area contributed by atoms with Crippen molar-refractivity contribution in [3.63, 3.8) is 0 Å². The molecule has 58 heavy (non-hydrogen) atoms. The normalized spacial score (nSPS) is 14.1. The molecular weight excluding hydrogens is 757 g/mol. The van der Waals surface area contributed by atoms with Crippen LogP contribution < -0.4 is 0 Å². The van der Waals surface area contributed by atoms with E-state index in [1.165, 1.54) is 77.0 Å². The number of phosphoric acid groups is 1. The van der Waals surface area contributed by atoms with Gasteiger partial charge in [-0.1, -0.05) is 153 Å². The van der Waals surface area contributed by atoms with Crippen LogP contribution in [0.25, 0.3) is 0 Å². The molecule has 0 saturated carbocycles. The van der Waals surface area contributed by atoms with Gasteiger partial charge >= 0.3 is 19.8 Å². The Balaban J connectivity index is 4.51. The summed E-state index contributed by atoms with van der Waals surface area (Å²) in [6.45, 7) is 4.19. The molecule has 0 fully saturated rings. The molecule has 1 unspecified atom stereocenters. The van der Waals surface area contributed by atoms with Crippen molar-refractivity contribution in [2.45, 2.75) is 187 Å². The number of unbranched alkanes of at least 4 members (excludes halogenated alkanes) is 17. The quantitative estimate of drug-likeness (QED) is 0.00894. The summed E-state index contributed by atoms with van der Waals surface area (Å²) >= 11 is 0. The molecular formula is C46H85NO10P+. The third-order valence-electron chi connectivity index (χ3n) is 9.57. The van der Waals surface area contributed by atoms with Crippen LogP contribution in [0.3, 0.4) is 0 Å². The Kier molecular flexibility index (Phi) is 37.4. The predicted molar refractivity (Wildman–Crippen MR) is 236 cm³/mol. The number of carbonyl (C=O) groups excluding carboxylic acids is 2. The molecule has 2 atom stereocenters. The Labute approximate surface area is 353 Å². The fourth-order valence-corrected chi connectivity index (χ4v) is 6.70. The lowest BCUT2D eigenvalue weighted by molar-refractivity contribution is -0.870. The van der Waals surface area contributed by atoms with E-state index in [9.17, 15) is 19.0 Å².